The van der Waals surface area contributed by atoms with Gasteiger partial charge in [-0.15, -0.1) is 0 Å². The number of hydrogen-bond acceptors (Lipinski definition) is 5. The van der Waals surface area contributed by atoms with E-state index in [2.05, 4.69) is 6.07 Å². The zero-order chi connectivity index (χ0) is 21.7. The summed E-state index contributed by atoms with van der Waals surface area (Å²) in [6.45, 7) is 6.67. The van der Waals surface area contributed by atoms with Crippen LogP contribution in [0.1, 0.15) is 44.7 Å². The highest BCUT2D eigenvalue weighted by atomic mass is 16.6. The third kappa shape index (κ3) is 6.04. The first-order valence-electron chi connectivity index (χ1n) is 10.3. The Morgan fingerprint density at radius 2 is 1.77 bits per heavy atom. The van der Waals surface area contributed by atoms with E-state index in [1.165, 1.54) is 0 Å². The maximum absolute atomic E-state index is 12.7. The number of rotatable bonds is 5. The fourth-order valence-corrected chi connectivity index (χ4v) is 3.59. The summed E-state index contributed by atoms with van der Waals surface area (Å²) in [7, 11) is 0. The molecule has 6 nitrogen and oxygen atoms in total. The van der Waals surface area contributed by atoms with Gasteiger partial charge in [-0.1, -0.05) is 24.3 Å². The highest BCUT2D eigenvalue weighted by molar-refractivity contribution is 5.86. The topological polar surface area (TPSA) is 79.6 Å². The number of piperidine rings is 1. The summed E-state index contributed by atoms with van der Waals surface area (Å²) in [6.07, 6.45) is 1.74. The molecule has 1 saturated heterocycles. The van der Waals surface area contributed by atoms with Crippen molar-refractivity contribution in [2.75, 3.05) is 19.7 Å². The lowest BCUT2D eigenvalue weighted by Crippen LogP contribution is -2.42. The molecule has 1 aliphatic heterocycles. The van der Waals surface area contributed by atoms with Crippen LogP contribution in [0.3, 0.4) is 0 Å². The van der Waals surface area contributed by atoms with E-state index in [1.807, 2.05) is 56.0 Å². The Hall–Kier alpha value is -2.91. The molecule has 0 N–H and O–H groups in total. The molecule has 6 heteroatoms. The molecule has 0 unspecified atom stereocenters. The van der Waals surface area contributed by atoms with Crippen LogP contribution >= 0.6 is 0 Å². The number of likely N-dealkylation sites (tertiary alicyclic amines) is 1. The van der Waals surface area contributed by atoms with Crippen molar-refractivity contribution in [1.82, 2.24) is 4.90 Å². The highest BCUT2D eigenvalue weighted by Crippen LogP contribution is 2.20. The summed E-state index contributed by atoms with van der Waals surface area (Å²) in [5, 5.41) is 11.0. The minimum Gasteiger partial charge on any atom is -0.458 e. The molecule has 2 aromatic carbocycles. The molecule has 158 valence electrons. The lowest BCUT2D eigenvalue weighted by molar-refractivity contribution is -0.163. The molecule has 1 amide bonds. The number of carbonyl (C=O) groups is 2. The first-order chi connectivity index (χ1) is 14.2. The van der Waals surface area contributed by atoms with Gasteiger partial charge in [0.2, 0.25) is 5.91 Å². The standard InChI is InChI=1S/C24H28N2O4/c1-24(2,3)30-23(28)16-29-21-8-10-26(11-9-21)22(27)14-17-4-6-20-13-18(15-25)5-7-19(20)12-17/h4-7,12-13,21H,8-11,14,16H2,1-3H3. The maximum Gasteiger partial charge on any atom is 0.332 e. The number of fused-ring (bicyclic) bond motifs is 1. The quantitative estimate of drug-likeness (QED) is 0.706. The van der Waals surface area contributed by atoms with E-state index in [0.29, 0.717) is 37.9 Å². The number of benzene rings is 2. The largest absolute Gasteiger partial charge is 0.458 e. The van der Waals surface area contributed by atoms with E-state index < -0.39 is 5.60 Å². The summed E-state index contributed by atoms with van der Waals surface area (Å²) >= 11 is 0. The van der Waals surface area contributed by atoms with E-state index in [4.69, 9.17) is 14.7 Å². The molecule has 0 aromatic heterocycles. The molecule has 1 aliphatic rings. The van der Waals surface area contributed by atoms with Crippen molar-refractivity contribution >= 4 is 22.6 Å². The van der Waals surface area contributed by atoms with Crippen molar-refractivity contribution in [2.24, 2.45) is 0 Å². The second-order valence-electron chi connectivity index (χ2n) is 8.66. The van der Waals surface area contributed by atoms with Gasteiger partial charge in [0.1, 0.15) is 12.2 Å². The van der Waals surface area contributed by atoms with Gasteiger partial charge in [-0.05, 0) is 62.1 Å². The number of amides is 1. The van der Waals surface area contributed by atoms with Crippen LogP contribution in [0.15, 0.2) is 36.4 Å². The molecule has 1 fully saturated rings. The Balaban J connectivity index is 1.48. The van der Waals surface area contributed by atoms with Gasteiger partial charge in [0, 0.05) is 13.1 Å². The van der Waals surface area contributed by atoms with E-state index in [0.717, 1.165) is 16.3 Å². The Kier molecular flexibility index (Phi) is 6.73. The van der Waals surface area contributed by atoms with Gasteiger partial charge in [0.15, 0.2) is 0 Å². The predicted octanol–water partition coefficient (Wildman–Crippen LogP) is 3.60. The summed E-state index contributed by atoms with van der Waals surface area (Å²) in [6, 6.07) is 13.6. The van der Waals surface area contributed by atoms with Crippen LogP contribution in [0.25, 0.3) is 10.8 Å². The molecule has 0 atom stereocenters. The Bertz CT molecular complexity index is 963. The molecular formula is C24H28N2O4. The van der Waals surface area contributed by atoms with Crippen LogP contribution in [-0.4, -0.2) is 48.2 Å². The molecule has 0 spiro atoms. The number of esters is 1. The van der Waals surface area contributed by atoms with Crippen LogP contribution in [0.2, 0.25) is 0 Å². The van der Waals surface area contributed by atoms with Gasteiger partial charge in [0.05, 0.1) is 24.2 Å². The predicted molar refractivity (Wildman–Crippen MR) is 114 cm³/mol. The Labute approximate surface area is 177 Å². The van der Waals surface area contributed by atoms with Crippen LogP contribution in [0.5, 0.6) is 0 Å². The Morgan fingerprint density at radius 3 is 2.43 bits per heavy atom. The zero-order valence-electron chi connectivity index (χ0n) is 17.8. The number of nitrogens with zero attached hydrogens (tertiary/aromatic N) is 2. The van der Waals surface area contributed by atoms with Crippen molar-refractivity contribution in [3.05, 3.63) is 47.5 Å². The molecule has 0 bridgehead atoms. The van der Waals surface area contributed by atoms with Crippen molar-refractivity contribution in [1.29, 1.82) is 5.26 Å². The summed E-state index contributed by atoms with van der Waals surface area (Å²) in [5.41, 5.74) is 1.07. The normalized spacial score (nSPS) is 15.1. The minimum atomic E-state index is -0.517. The third-order valence-corrected chi connectivity index (χ3v) is 5.04. The lowest BCUT2D eigenvalue weighted by atomic mass is 10.0. The smallest absolute Gasteiger partial charge is 0.332 e. The summed E-state index contributed by atoms with van der Waals surface area (Å²) < 4.78 is 10.9. The number of hydrogen-bond donors (Lipinski definition) is 0. The first kappa shape index (κ1) is 21.8. The maximum atomic E-state index is 12.7. The Morgan fingerprint density at radius 1 is 1.10 bits per heavy atom. The lowest BCUT2D eigenvalue weighted by Gasteiger charge is -2.32. The van der Waals surface area contributed by atoms with E-state index in [1.54, 1.807) is 6.07 Å². The average molecular weight is 408 g/mol. The van der Waals surface area contributed by atoms with Crippen LogP contribution in [0.4, 0.5) is 0 Å². The summed E-state index contributed by atoms with van der Waals surface area (Å²) in [5.74, 6) is -0.271. The van der Waals surface area contributed by atoms with Crippen LogP contribution in [-0.2, 0) is 25.5 Å². The van der Waals surface area contributed by atoms with Gasteiger partial charge >= 0.3 is 5.97 Å². The molecule has 0 aliphatic carbocycles. The van der Waals surface area contributed by atoms with Gasteiger partial charge in [-0.2, -0.15) is 5.26 Å². The number of ether oxygens (including phenoxy) is 2. The first-order valence-corrected chi connectivity index (χ1v) is 10.3. The van der Waals surface area contributed by atoms with Crippen LogP contribution < -0.4 is 0 Å². The second-order valence-corrected chi connectivity index (χ2v) is 8.66. The fraction of sp³-hybridized carbons (Fsp3) is 0.458. The van der Waals surface area contributed by atoms with Crippen molar-refractivity contribution in [3.8, 4) is 6.07 Å². The number of nitriles is 1. The zero-order valence-corrected chi connectivity index (χ0v) is 17.8. The van der Waals surface area contributed by atoms with E-state index >= 15 is 0 Å². The third-order valence-electron chi connectivity index (χ3n) is 5.04. The van der Waals surface area contributed by atoms with Crippen molar-refractivity contribution in [3.63, 3.8) is 0 Å². The number of carbonyl (C=O) groups excluding carboxylic acids is 2. The SMILES string of the molecule is CC(C)(C)OC(=O)COC1CCN(C(=O)Cc2ccc3cc(C#N)ccc3c2)CC1. The van der Waals surface area contributed by atoms with Gasteiger partial charge in [-0.25, -0.2) is 4.79 Å². The molecule has 3 rings (SSSR count). The van der Waals surface area contributed by atoms with Gasteiger partial charge < -0.3 is 14.4 Å². The molecule has 1 heterocycles. The minimum absolute atomic E-state index is 0.0310. The highest BCUT2D eigenvalue weighted by Gasteiger charge is 2.25. The van der Waals surface area contributed by atoms with Gasteiger partial charge in [0.25, 0.3) is 0 Å². The average Bonchev–Trinajstić information content (AvgIpc) is 2.71. The molecule has 0 radical (unpaired) electrons. The van der Waals surface area contributed by atoms with E-state index in [9.17, 15) is 9.59 Å². The van der Waals surface area contributed by atoms with Crippen molar-refractivity contribution < 1.29 is 19.1 Å². The second kappa shape index (κ2) is 9.27. The van der Waals surface area contributed by atoms with Crippen LogP contribution in [0, 0.1) is 11.3 Å². The molecular weight excluding hydrogens is 380 g/mol. The van der Waals surface area contributed by atoms with Gasteiger partial charge in [-0.3, -0.25) is 4.79 Å². The van der Waals surface area contributed by atoms with Crippen molar-refractivity contribution in [2.45, 2.75) is 51.7 Å². The summed E-state index contributed by atoms with van der Waals surface area (Å²) in [4.78, 5) is 26.3. The van der Waals surface area contributed by atoms with E-state index in [-0.39, 0.29) is 24.6 Å². The monoisotopic (exact) mass is 408 g/mol. The fourth-order valence-electron chi connectivity index (χ4n) is 3.59. The molecule has 0 saturated carbocycles. The molecule has 30 heavy (non-hydrogen) atoms. The molecule has 2 aromatic rings.